The molecule has 0 unspecified atom stereocenters. The molecule has 146 valence electrons. The van der Waals surface area contributed by atoms with E-state index in [1.807, 2.05) is 36.9 Å². The van der Waals surface area contributed by atoms with Gasteiger partial charge in [-0.2, -0.15) is 0 Å². The number of carbonyl (C=O) groups excluding carboxylic acids is 1. The maximum absolute atomic E-state index is 12.5. The summed E-state index contributed by atoms with van der Waals surface area (Å²) in [5, 5.41) is 5.88. The molecule has 0 aliphatic heterocycles. The van der Waals surface area contributed by atoms with Crippen LogP contribution in [0.2, 0.25) is 0 Å². The summed E-state index contributed by atoms with van der Waals surface area (Å²) in [6, 6.07) is 5.79. The zero-order valence-electron chi connectivity index (χ0n) is 16.0. The van der Waals surface area contributed by atoms with Crippen LogP contribution in [0.25, 0.3) is 0 Å². The van der Waals surface area contributed by atoms with Gasteiger partial charge in [-0.25, -0.2) is 4.98 Å². The van der Waals surface area contributed by atoms with E-state index in [0.29, 0.717) is 17.4 Å². The van der Waals surface area contributed by atoms with Crippen molar-refractivity contribution in [1.29, 1.82) is 0 Å². The SMILES string of the molecule is COc1ccc(OC)c(CC(=O)NC2CCC(Sc3nc(C)cs3)CC2)c1. The number of hydrogen-bond donors (Lipinski definition) is 1. The van der Waals surface area contributed by atoms with E-state index in [9.17, 15) is 4.79 Å². The summed E-state index contributed by atoms with van der Waals surface area (Å²) in [7, 11) is 3.24. The predicted octanol–water partition coefficient (Wildman–Crippen LogP) is 4.23. The number of hydrogen-bond acceptors (Lipinski definition) is 6. The highest BCUT2D eigenvalue weighted by Crippen LogP contribution is 2.35. The minimum atomic E-state index is 0.0354. The maximum Gasteiger partial charge on any atom is 0.224 e. The van der Waals surface area contributed by atoms with Crippen molar-refractivity contribution in [2.24, 2.45) is 0 Å². The fourth-order valence-corrected chi connectivity index (χ4v) is 5.61. The molecule has 1 aliphatic carbocycles. The van der Waals surface area contributed by atoms with E-state index in [1.165, 1.54) is 0 Å². The van der Waals surface area contributed by atoms with E-state index < -0.39 is 0 Å². The van der Waals surface area contributed by atoms with Gasteiger partial charge in [-0.15, -0.1) is 11.3 Å². The van der Waals surface area contributed by atoms with Crippen LogP contribution < -0.4 is 14.8 Å². The number of amides is 1. The maximum atomic E-state index is 12.5. The Bertz CT molecular complexity index is 770. The van der Waals surface area contributed by atoms with Crippen LogP contribution >= 0.6 is 23.1 Å². The Morgan fingerprint density at radius 1 is 1.26 bits per heavy atom. The third kappa shape index (κ3) is 5.62. The molecule has 7 heteroatoms. The number of thiazole rings is 1. The topological polar surface area (TPSA) is 60.5 Å². The normalized spacial score (nSPS) is 19.5. The fourth-order valence-electron chi connectivity index (χ4n) is 3.33. The molecule has 0 atom stereocenters. The molecular weight excluding hydrogens is 380 g/mol. The van der Waals surface area contributed by atoms with Crippen LogP contribution in [0.15, 0.2) is 27.9 Å². The van der Waals surface area contributed by atoms with Gasteiger partial charge in [0.05, 0.1) is 20.6 Å². The molecule has 0 radical (unpaired) electrons. The van der Waals surface area contributed by atoms with Crippen molar-refractivity contribution in [3.05, 3.63) is 34.8 Å². The predicted molar refractivity (Wildman–Crippen MR) is 110 cm³/mol. The van der Waals surface area contributed by atoms with Gasteiger partial charge in [0, 0.05) is 27.9 Å². The number of nitrogens with one attached hydrogen (secondary N) is 1. The van der Waals surface area contributed by atoms with Crippen LogP contribution in [0.3, 0.4) is 0 Å². The van der Waals surface area contributed by atoms with Crippen molar-refractivity contribution < 1.29 is 14.3 Å². The van der Waals surface area contributed by atoms with Gasteiger partial charge in [0.15, 0.2) is 0 Å². The van der Waals surface area contributed by atoms with Crippen molar-refractivity contribution >= 4 is 29.0 Å². The first kappa shape index (κ1) is 20.0. The van der Waals surface area contributed by atoms with E-state index in [0.717, 1.165) is 47.0 Å². The summed E-state index contributed by atoms with van der Waals surface area (Å²) in [6.45, 7) is 2.03. The van der Waals surface area contributed by atoms with Crippen LogP contribution in [0.4, 0.5) is 0 Å². The third-order valence-electron chi connectivity index (χ3n) is 4.74. The number of nitrogens with zero attached hydrogens (tertiary/aromatic N) is 1. The molecule has 1 amide bonds. The van der Waals surface area contributed by atoms with E-state index >= 15 is 0 Å². The third-order valence-corrected chi connectivity index (χ3v) is 7.17. The Balaban J connectivity index is 1.48. The zero-order chi connectivity index (χ0) is 19.2. The standard InChI is InChI=1S/C20H26N2O3S2/c1-13-12-26-20(21-13)27-17-7-4-15(5-8-17)22-19(23)11-14-10-16(24-2)6-9-18(14)25-3/h6,9-10,12,15,17H,4-5,7-8,11H2,1-3H3,(H,22,23). The molecule has 1 heterocycles. The molecule has 5 nitrogen and oxygen atoms in total. The lowest BCUT2D eigenvalue weighted by Gasteiger charge is -2.28. The largest absolute Gasteiger partial charge is 0.497 e. The van der Waals surface area contributed by atoms with Crippen molar-refractivity contribution in [1.82, 2.24) is 10.3 Å². The highest BCUT2D eigenvalue weighted by atomic mass is 32.2. The minimum Gasteiger partial charge on any atom is -0.497 e. The Morgan fingerprint density at radius 3 is 2.67 bits per heavy atom. The molecule has 0 bridgehead atoms. The average Bonchev–Trinajstić information content (AvgIpc) is 3.08. The van der Waals surface area contributed by atoms with Crippen molar-refractivity contribution in [2.75, 3.05) is 14.2 Å². The van der Waals surface area contributed by atoms with Gasteiger partial charge < -0.3 is 14.8 Å². The molecule has 1 fully saturated rings. The van der Waals surface area contributed by atoms with Gasteiger partial charge in [0.2, 0.25) is 5.91 Å². The Hall–Kier alpha value is -1.73. The number of aromatic nitrogens is 1. The molecular formula is C20H26N2O3S2. The van der Waals surface area contributed by atoms with E-state index in [2.05, 4.69) is 15.7 Å². The minimum absolute atomic E-state index is 0.0354. The second-order valence-corrected chi connectivity index (χ2v) is 9.17. The first-order valence-corrected chi connectivity index (χ1v) is 10.9. The molecule has 0 spiro atoms. The van der Waals surface area contributed by atoms with Crippen LogP contribution in [0.5, 0.6) is 11.5 Å². The van der Waals surface area contributed by atoms with E-state index in [1.54, 1.807) is 25.6 Å². The first-order chi connectivity index (χ1) is 13.1. The Morgan fingerprint density at radius 2 is 2.04 bits per heavy atom. The molecule has 1 saturated carbocycles. The second-order valence-electron chi connectivity index (χ2n) is 6.77. The molecule has 0 saturated heterocycles. The molecule has 1 aliphatic rings. The Kier molecular flexibility index (Phi) is 7.01. The number of thioether (sulfide) groups is 1. The van der Waals surface area contributed by atoms with Crippen LogP contribution in [-0.4, -0.2) is 36.4 Å². The van der Waals surface area contributed by atoms with Crippen LogP contribution in [0.1, 0.15) is 36.9 Å². The van der Waals surface area contributed by atoms with Gasteiger partial charge in [-0.3, -0.25) is 4.79 Å². The van der Waals surface area contributed by atoms with Gasteiger partial charge in [0.1, 0.15) is 15.8 Å². The van der Waals surface area contributed by atoms with Gasteiger partial charge in [-0.1, -0.05) is 11.8 Å². The highest BCUT2D eigenvalue weighted by Gasteiger charge is 2.24. The number of rotatable bonds is 7. The lowest BCUT2D eigenvalue weighted by atomic mass is 9.94. The smallest absolute Gasteiger partial charge is 0.224 e. The molecule has 1 aromatic heterocycles. The summed E-state index contributed by atoms with van der Waals surface area (Å²) < 4.78 is 11.8. The zero-order valence-corrected chi connectivity index (χ0v) is 17.6. The van der Waals surface area contributed by atoms with Crippen molar-refractivity contribution in [3.63, 3.8) is 0 Å². The lowest BCUT2D eigenvalue weighted by Crippen LogP contribution is -2.38. The number of methoxy groups -OCH3 is 2. The molecule has 27 heavy (non-hydrogen) atoms. The number of carbonyl (C=O) groups is 1. The number of benzene rings is 1. The molecule has 1 aromatic carbocycles. The monoisotopic (exact) mass is 406 g/mol. The van der Waals surface area contributed by atoms with E-state index in [4.69, 9.17) is 9.47 Å². The van der Waals surface area contributed by atoms with Crippen LogP contribution in [-0.2, 0) is 11.2 Å². The molecule has 3 rings (SSSR count). The average molecular weight is 407 g/mol. The second kappa shape index (κ2) is 9.46. The summed E-state index contributed by atoms with van der Waals surface area (Å²) in [5.41, 5.74) is 1.94. The van der Waals surface area contributed by atoms with Gasteiger partial charge >= 0.3 is 0 Å². The quantitative estimate of drug-likeness (QED) is 0.746. The Labute approximate surface area is 168 Å². The lowest BCUT2D eigenvalue weighted by molar-refractivity contribution is -0.121. The van der Waals surface area contributed by atoms with Gasteiger partial charge in [0.25, 0.3) is 0 Å². The van der Waals surface area contributed by atoms with Crippen LogP contribution in [0, 0.1) is 6.92 Å². The van der Waals surface area contributed by atoms with Crippen molar-refractivity contribution in [2.45, 2.75) is 54.7 Å². The summed E-state index contributed by atoms with van der Waals surface area (Å²) >= 11 is 3.60. The number of aryl methyl sites for hydroxylation is 1. The van der Waals surface area contributed by atoms with Gasteiger partial charge in [-0.05, 0) is 50.8 Å². The summed E-state index contributed by atoms with van der Waals surface area (Å²) in [4.78, 5) is 17.0. The summed E-state index contributed by atoms with van der Waals surface area (Å²) in [5.74, 6) is 1.48. The highest BCUT2D eigenvalue weighted by molar-refractivity contribution is 8.01. The van der Waals surface area contributed by atoms with E-state index in [-0.39, 0.29) is 11.9 Å². The molecule has 2 aromatic rings. The number of ether oxygens (including phenoxy) is 2. The van der Waals surface area contributed by atoms with Crippen molar-refractivity contribution in [3.8, 4) is 11.5 Å². The fraction of sp³-hybridized carbons (Fsp3) is 0.500. The first-order valence-electron chi connectivity index (χ1n) is 9.16. The molecule has 1 N–H and O–H groups in total. The summed E-state index contributed by atoms with van der Waals surface area (Å²) in [6.07, 6.45) is 4.55.